The molecule has 0 N–H and O–H groups in total. The Morgan fingerprint density at radius 2 is 2.38 bits per heavy atom. The third kappa shape index (κ3) is 1.37. The number of piperidine rings is 1. The van der Waals surface area contributed by atoms with E-state index >= 15 is 0 Å². The fourth-order valence-electron chi connectivity index (χ4n) is 2.90. The van der Waals surface area contributed by atoms with Crippen LogP contribution in [0.2, 0.25) is 5.02 Å². The van der Waals surface area contributed by atoms with Gasteiger partial charge < -0.3 is 4.90 Å². The van der Waals surface area contributed by atoms with Gasteiger partial charge in [-0.25, -0.2) is 4.98 Å². The molecule has 0 amide bonds. The number of anilines is 1. The summed E-state index contributed by atoms with van der Waals surface area (Å²) in [5, 5.41) is 9.45. The first-order chi connectivity index (χ1) is 7.79. The first-order valence-electron chi connectivity index (χ1n) is 5.61. The van der Waals surface area contributed by atoms with Crippen molar-refractivity contribution in [2.24, 2.45) is 5.92 Å². The Bertz CT molecular complexity index is 466. The second-order valence-corrected chi connectivity index (χ2v) is 4.97. The second-order valence-electron chi connectivity index (χ2n) is 4.59. The quantitative estimate of drug-likeness (QED) is 0.749. The van der Waals surface area contributed by atoms with Gasteiger partial charge in [-0.1, -0.05) is 11.6 Å². The predicted octanol–water partition coefficient (Wildman–Crippen LogP) is 2.60. The van der Waals surface area contributed by atoms with Gasteiger partial charge >= 0.3 is 0 Å². The fraction of sp³-hybridized carbons (Fsp3) is 0.500. The van der Waals surface area contributed by atoms with E-state index in [1.54, 1.807) is 12.3 Å². The van der Waals surface area contributed by atoms with Gasteiger partial charge in [-0.05, 0) is 31.2 Å². The molecule has 3 nitrogen and oxygen atoms in total. The maximum atomic E-state index is 8.94. The van der Waals surface area contributed by atoms with Crippen LogP contribution in [-0.4, -0.2) is 17.6 Å². The van der Waals surface area contributed by atoms with E-state index < -0.39 is 0 Å². The molecule has 2 atom stereocenters. The molecule has 1 saturated heterocycles. The highest BCUT2D eigenvalue weighted by atomic mass is 35.5. The summed E-state index contributed by atoms with van der Waals surface area (Å²) < 4.78 is 0. The third-order valence-electron chi connectivity index (χ3n) is 3.67. The van der Waals surface area contributed by atoms with E-state index in [4.69, 9.17) is 16.9 Å². The topological polar surface area (TPSA) is 39.9 Å². The molecule has 1 aliphatic carbocycles. The first kappa shape index (κ1) is 9.92. The van der Waals surface area contributed by atoms with E-state index in [0.717, 1.165) is 18.3 Å². The molecule has 2 heterocycles. The highest BCUT2D eigenvalue weighted by molar-refractivity contribution is 6.34. The molecule has 1 aliphatic heterocycles. The molecule has 2 unspecified atom stereocenters. The zero-order chi connectivity index (χ0) is 11.1. The Morgan fingerprint density at radius 1 is 1.50 bits per heavy atom. The van der Waals surface area contributed by atoms with Crippen molar-refractivity contribution < 1.29 is 0 Å². The molecule has 4 heteroatoms. The normalized spacial score (nSPS) is 27.1. The Morgan fingerprint density at radius 3 is 3.00 bits per heavy atom. The van der Waals surface area contributed by atoms with E-state index in [1.165, 1.54) is 19.3 Å². The molecule has 16 heavy (non-hydrogen) atoms. The summed E-state index contributed by atoms with van der Waals surface area (Å²) in [6.07, 6.45) is 5.50. The Kier molecular flexibility index (Phi) is 2.26. The number of nitrogens with zero attached hydrogens (tertiary/aromatic N) is 3. The van der Waals surface area contributed by atoms with Crippen LogP contribution in [-0.2, 0) is 0 Å². The van der Waals surface area contributed by atoms with Crippen LogP contribution >= 0.6 is 11.6 Å². The van der Waals surface area contributed by atoms with Gasteiger partial charge in [-0.15, -0.1) is 0 Å². The van der Waals surface area contributed by atoms with Gasteiger partial charge in [0.15, 0.2) is 0 Å². The number of hydrogen-bond donors (Lipinski definition) is 0. The number of fused-ring (bicyclic) bond motifs is 2. The van der Waals surface area contributed by atoms with Crippen molar-refractivity contribution >= 4 is 17.4 Å². The molecule has 0 spiro atoms. The highest BCUT2D eigenvalue weighted by Gasteiger charge is 2.39. The minimum Gasteiger partial charge on any atom is -0.352 e. The number of pyridine rings is 1. The number of nitriles is 1. The summed E-state index contributed by atoms with van der Waals surface area (Å²) in [4.78, 5) is 6.61. The van der Waals surface area contributed by atoms with Gasteiger partial charge in [0.2, 0.25) is 0 Å². The van der Waals surface area contributed by atoms with E-state index in [9.17, 15) is 0 Å². The lowest BCUT2D eigenvalue weighted by atomic mass is 10.1. The Labute approximate surface area is 99.6 Å². The Hall–Kier alpha value is -1.27. The van der Waals surface area contributed by atoms with Gasteiger partial charge in [0, 0.05) is 18.8 Å². The summed E-state index contributed by atoms with van der Waals surface area (Å²) in [7, 11) is 0. The summed E-state index contributed by atoms with van der Waals surface area (Å²) in [5.41, 5.74) is 0.523. The molecule has 1 saturated carbocycles. The Balaban J connectivity index is 1.99. The molecular weight excluding hydrogens is 222 g/mol. The lowest BCUT2D eigenvalue weighted by Gasteiger charge is -2.28. The predicted molar refractivity (Wildman–Crippen MR) is 62.4 cm³/mol. The molecule has 82 valence electrons. The summed E-state index contributed by atoms with van der Waals surface area (Å²) in [6, 6.07) is 4.36. The fourth-order valence-corrected chi connectivity index (χ4v) is 3.17. The molecular formula is C12H12ClN3. The number of hydrogen-bond acceptors (Lipinski definition) is 3. The summed E-state index contributed by atoms with van der Waals surface area (Å²) in [6.45, 7) is 1.05. The lowest BCUT2D eigenvalue weighted by molar-refractivity contribution is 0.550. The van der Waals surface area contributed by atoms with E-state index in [0.29, 0.717) is 16.6 Å². The van der Waals surface area contributed by atoms with Crippen LogP contribution in [0, 0.1) is 17.2 Å². The molecule has 0 radical (unpaired) electrons. The van der Waals surface area contributed by atoms with Crippen LogP contribution in [0.1, 0.15) is 24.8 Å². The standard InChI is InChI=1S/C12H12ClN3/c13-11-9(6-14)3-4-15-12(11)16-7-8-1-2-10(16)5-8/h3-4,8,10H,1-2,5,7H2. The van der Waals surface area contributed by atoms with Gasteiger partial charge in [0.05, 0.1) is 5.56 Å². The maximum Gasteiger partial charge on any atom is 0.148 e. The molecule has 3 rings (SSSR count). The number of aromatic nitrogens is 1. The molecule has 2 aliphatic rings. The number of rotatable bonds is 1. The summed E-state index contributed by atoms with van der Waals surface area (Å²) in [5.74, 6) is 1.60. The molecule has 2 bridgehead atoms. The smallest absolute Gasteiger partial charge is 0.148 e. The van der Waals surface area contributed by atoms with Crippen LogP contribution in [0.5, 0.6) is 0 Å². The SMILES string of the molecule is N#Cc1ccnc(N2CC3CCC2C3)c1Cl. The van der Waals surface area contributed by atoms with E-state index in [1.807, 2.05) is 0 Å². The summed E-state index contributed by atoms with van der Waals surface area (Å²) >= 11 is 6.20. The maximum absolute atomic E-state index is 8.94. The van der Waals surface area contributed by atoms with Crippen molar-refractivity contribution in [3.63, 3.8) is 0 Å². The monoisotopic (exact) mass is 233 g/mol. The van der Waals surface area contributed by atoms with Crippen LogP contribution in [0.4, 0.5) is 5.82 Å². The van der Waals surface area contributed by atoms with Gasteiger partial charge in [0.1, 0.15) is 16.9 Å². The highest BCUT2D eigenvalue weighted by Crippen LogP contribution is 2.41. The average molecular weight is 234 g/mol. The van der Waals surface area contributed by atoms with Crippen molar-refractivity contribution in [2.75, 3.05) is 11.4 Å². The van der Waals surface area contributed by atoms with Gasteiger partial charge in [0.25, 0.3) is 0 Å². The minimum atomic E-state index is 0.512. The van der Waals surface area contributed by atoms with E-state index in [-0.39, 0.29) is 0 Å². The average Bonchev–Trinajstić information content (AvgIpc) is 2.91. The molecule has 0 aromatic carbocycles. The minimum absolute atomic E-state index is 0.512. The van der Waals surface area contributed by atoms with Crippen molar-refractivity contribution in [2.45, 2.75) is 25.3 Å². The lowest BCUT2D eigenvalue weighted by Crippen LogP contribution is -2.32. The first-order valence-corrected chi connectivity index (χ1v) is 5.98. The van der Waals surface area contributed by atoms with Crippen LogP contribution in [0.25, 0.3) is 0 Å². The van der Waals surface area contributed by atoms with Crippen LogP contribution in [0.15, 0.2) is 12.3 Å². The molecule has 1 aromatic rings. The van der Waals surface area contributed by atoms with Crippen molar-refractivity contribution in [3.8, 4) is 6.07 Å². The van der Waals surface area contributed by atoms with Crippen molar-refractivity contribution in [1.82, 2.24) is 4.98 Å². The second kappa shape index (κ2) is 3.64. The third-order valence-corrected chi connectivity index (χ3v) is 4.05. The van der Waals surface area contributed by atoms with Crippen molar-refractivity contribution in [3.05, 3.63) is 22.8 Å². The van der Waals surface area contributed by atoms with Gasteiger partial charge in [-0.3, -0.25) is 0 Å². The van der Waals surface area contributed by atoms with Crippen molar-refractivity contribution in [1.29, 1.82) is 5.26 Å². The van der Waals surface area contributed by atoms with E-state index in [2.05, 4.69) is 16.0 Å². The zero-order valence-corrected chi connectivity index (χ0v) is 9.61. The largest absolute Gasteiger partial charge is 0.352 e. The van der Waals surface area contributed by atoms with Gasteiger partial charge in [-0.2, -0.15) is 5.26 Å². The van der Waals surface area contributed by atoms with Crippen LogP contribution in [0.3, 0.4) is 0 Å². The molecule has 2 fully saturated rings. The molecule has 1 aromatic heterocycles. The van der Waals surface area contributed by atoms with Crippen LogP contribution < -0.4 is 4.90 Å². The number of halogens is 1. The zero-order valence-electron chi connectivity index (χ0n) is 8.86.